The van der Waals surface area contributed by atoms with E-state index in [-0.39, 0.29) is 11.9 Å². The fraction of sp³-hybridized carbons (Fsp3) is 0.533. The number of hydrogen-bond donors (Lipinski definition) is 2. The van der Waals surface area contributed by atoms with E-state index >= 15 is 0 Å². The zero-order chi connectivity index (χ0) is 13.7. The van der Waals surface area contributed by atoms with E-state index in [1.54, 1.807) is 0 Å². The maximum atomic E-state index is 12.0. The third-order valence-electron chi connectivity index (χ3n) is 3.53. The van der Waals surface area contributed by atoms with Crippen molar-refractivity contribution in [1.82, 2.24) is 4.90 Å². The Balaban J connectivity index is 1.86. The molecule has 1 amide bonds. The van der Waals surface area contributed by atoms with E-state index in [0.717, 1.165) is 38.0 Å². The normalized spacial score (nSPS) is 20.2. The quantitative estimate of drug-likeness (QED) is 0.865. The summed E-state index contributed by atoms with van der Waals surface area (Å²) in [6.45, 7) is 4.33. The minimum absolute atomic E-state index is 0.0438. The number of nitrogens with one attached hydrogen (secondary N) is 1. The van der Waals surface area contributed by atoms with Crippen LogP contribution in [-0.4, -0.2) is 36.5 Å². The average Bonchev–Trinajstić information content (AvgIpc) is 2.38. The molecule has 0 radical (unpaired) electrons. The highest BCUT2D eigenvalue weighted by Crippen LogP contribution is 2.12. The van der Waals surface area contributed by atoms with Crippen LogP contribution < -0.4 is 11.1 Å². The Morgan fingerprint density at radius 1 is 1.53 bits per heavy atom. The molecule has 1 aliphatic heterocycles. The van der Waals surface area contributed by atoms with Gasteiger partial charge in [0, 0.05) is 18.3 Å². The van der Waals surface area contributed by atoms with Gasteiger partial charge >= 0.3 is 0 Å². The Kier molecular flexibility index (Phi) is 4.93. The summed E-state index contributed by atoms with van der Waals surface area (Å²) in [6, 6.07) is 8.22. The number of rotatable bonds is 4. The van der Waals surface area contributed by atoms with Crippen LogP contribution in [0.4, 0.5) is 5.69 Å². The van der Waals surface area contributed by atoms with Gasteiger partial charge in [0.25, 0.3) is 0 Å². The van der Waals surface area contributed by atoms with Gasteiger partial charge in [0.1, 0.15) is 0 Å². The summed E-state index contributed by atoms with van der Waals surface area (Å²) in [5, 5.41) is 2.96. The fourth-order valence-corrected chi connectivity index (χ4v) is 2.51. The lowest BCUT2D eigenvalue weighted by Gasteiger charge is -2.29. The average molecular weight is 261 g/mol. The van der Waals surface area contributed by atoms with Crippen LogP contribution in [0, 0.1) is 0 Å². The standard InChI is InChI=1S/C15H23N3O/c1-2-12-5-3-7-14(9-12)17-15(19)11-18-8-4-6-13(16)10-18/h3,5,7,9,13H,2,4,6,8,10-11,16H2,1H3,(H,17,19)/t13-/m1/s1. The molecule has 0 bridgehead atoms. The van der Waals surface area contributed by atoms with Crippen LogP contribution in [0.1, 0.15) is 25.3 Å². The van der Waals surface area contributed by atoms with Crippen molar-refractivity contribution in [3.05, 3.63) is 29.8 Å². The van der Waals surface area contributed by atoms with Crippen LogP contribution in [0.15, 0.2) is 24.3 Å². The van der Waals surface area contributed by atoms with E-state index in [9.17, 15) is 4.79 Å². The number of aryl methyl sites for hydroxylation is 1. The highest BCUT2D eigenvalue weighted by atomic mass is 16.2. The smallest absolute Gasteiger partial charge is 0.238 e. The van der Waals surface area contributed by atoms with Gasteiger partial charge in [-0.2, -0.15) is 0 Å². The minimum Gasteiger partial charge on any atom is -0.327 e. The van der Waals surface area contributed by atoms with Crippen molar-refractivity contribution in [2.24, 2.45) is 5.73 Å². The number of nitrogens with zero attached hydrogens (tertiary/aromatic N) is 1. The second-order valence-electron chi connectivity index (χ2n) is 5.24. The first-order valence-electron chi connectivity index (χ1n) is 7.04. The van der Waals surface area contributed by atoms with E-state index in [2.05, 4.69) is 23.2 Å². The van der Waals surface area contributed by atoms with Crippen molar-refractivity contribution in [1.29, 1.82) is 0 Å². The highest BCUT2D eigenvalue weighted by molar-refractivity contribution is 5.92. The number of nitrogens with two attached hydrogens (primary N) is 1. The number of anilines is 1. The lowest BCUT2D eigenvalue weighted by atomic mass is 10.1. The van der Waals surface area contributed by atoms with Crippen molar-refractivity contribution in [3.63, 3.8) is 0 Å². The molecule has 4 heteroatoms. The highest BCUT2D eigenvalue weighted by Gasteiger charge is 2.18. The van der Waals surface area contributed by atoms with E-state index in [0.29, 0.717) is 6.54 Å². The summed E-state index contributed by atoms with van der Waals surface area (Å²) in [5.41, 5.74) is 8.03. The molecule has 0 aromatic heterocycles. The lowest BCUT2D eigenvalue weighted by Crippen LogP contribution is -2.45. The molecular weight excluding hydrogens is 238 g/mol. The van der Waals surface area contributed by atoms with Gasteiger partial charge in [-0.3, -0.25) is 9.69 Å². The van der Waals surface area contributed by atoms with Crippen LogP contribution in [-0.2, 0) is 11.2 Å². The first kappa shape index (κ1) is 14.0. The Bertz CT molecular complexity index is 433. The Morgan fingerprint density at radius 2 is 2.37 bits per heavy atom. The second-order valence-corrected chi connectivity index (χ2v) is 5.24. The molecule has 4 nitrogen and oxygen atoms in total. The maximum Gasteiger partial charge on any atom is 0.238 e. The van der Waals surface area contributed by atoms with Gasteiger partial charge < -0.3 is 11.1 Å². The second kappa shape index (κ2) is 6.68. The van der Waals surface area contributed by atoms with Gasteiger partial charge in [-0.1, -0.05) is 19.1 Å². The lowest BCUT2D eigenvalue weighted by molar-refractivity contribution is -0.117. The number of piperidine rings is 1. The van der Waals surface area contributed by atoms with Gasteiger partial charge in [0.2, 0.25) is 5.91 Å². The predicted molar refractivity (Wildman–Crippen MR) is 78.1 cm³/mol. The molecule has 3 N–H and O–H groups in total. The molecule has 104 valence electrons. The largest absolute Gasteiger partial charge is 0.327 e. The zero-order valence-electron chi connectivity index (χ0n) is 11.6. The van der Waals surface area contributed by atoms with Crippen LogP contribution >= 0.6 is 0 Å². The maximum absolute atomic E-state index is 12.0. The summed E-state index contributed by atoms with van der Waals surface area (Å²) in [4.78, 5) is 14.1. The Hall–Kier alpha value is -1.39. The predicted octanol–water partition coefficient (Wildman–Crippen LogP) is 1.61. The molecule has 0 unspecified atom stereocenters. The molecule has 1 aromatic rings. The van der Waals surface area contributed by atoms with E-state index in [1.807, 2.05) is 18.2 Å². The number of hydrogen-bond acceptors (Lipinski definition) is 3. The minimum atomic E-state index is 0.0438. The number of carbonyl (C=O) groups is 1. The number of amides is 1. The van der Waals surface area contributed by atoms with Gasteiger partial charge in [-0.25, -0.2) is 0 Å². The summed E-state index contributed by atoms with van der Waals surface area (Å²) in [6.07, 6.45) is 3.13. The summed E-state index contributed by atoms with van der Waals surface area (Å²) >= 11 is 0. The summed E-state index contributed by atoms with van der Waals surface area (Å²) < 4.78 is 0. The molecule has 2 rings (SSSR count). The first-order chi connectivity index (χ1) is 9.17. The molecule has 0 saturated carbocycles. The fourth-order valence-electron chi connectivity index (χ4n) is 2.51. The molecule has 1 aromatic carbocycles. The van der Waals surface area contributed by atoms with Crippen molar-refractivity contribution in [3.8, 4) is 0 Å². The molecule has 1 aliphatic rings. The van der Waals surface area contributed by atoms with Gasteiger partial charge in [0.05, 0.1) is 6.54 Å². The molecule has 1 saturated heterocycles. The summed E-state index contributed by atoms with van der Waals surface area (Å²) in [7, 11) is 0. The number of benzene rings is 1. The molecule has 19 heavy (non-hydrogen) atoms. The number of likely N-dealkylation sites (tertiary alicyclic amines) is 1. The molecule has 1 heterocycles. The molecule has 0 aliphatic carbocycles. The van der Waals surface area contributed by atoms with Crippen LogP contribution in [0.2, 0.25) is 0 Å². The van der Waals surface area contributed by atoms with Crippen molar-refractivity contribution in [2.75, 3.05) is 25.0 Å². The molecular formula is C15H23N3O. The van der Waals surface area contributed by atoms with E-state index in [1.165, 1.54) is 5.56 Å². The van der Waals surface area contributed by atoms with Crippen LogP contribution in [0.25, 0.3) is 0 Å². The summed E-state index contributed by atoms with van der Waals surface area (Å²) in [5.74, 6) is 0.0438. The van der Waals surface area contributed by atoms with Gasteiger partial charge in [-0.15, -0.1) is 0 Å². The van der Waals surface area contributed by atoms with Crippen molar-refractivity contribution in [2.45, 2.75) is 32.2 Å². The third-order valence-corrected chi connectivity index (χ3v) is 3.53. The zero-order valence-corrected chi connectivity index (χ0v) is 11.6. The molecule has 1 atom stereocenters. The monoisotopic (exact) mass is 261 g/mol. The SMILES string of the molecule is CCc1cccc(NC(=O)CN2CCC[C@@H](N)C2)c1. The Labute approximate surface area is 115 Å². The Morgan fingerprint density at radius 3 is 3.11 bits per heavy atom. The van der Waals surface area contributed by atoms with E-state index < -0.39 is 0 Å². The first-order valence-corrected chi connectivity index (χ1v) is 7.04. The molecule has 1 fully saturated rings. The van der Waals surface area contributed by atoms with Crippen molar-refractivity contribution < 1.29 is 4.79 Å². The van der Waals surface area contributed by atoms with Crippen molar-refractivity contribution >= 4 is 11.6 Å². The van der Waals surface area contributed by atoms with E-state index in [4.69, 9.17) is 5.73 Å². The third kappa shape index (κ3) is 4.33. The van der Waals surface area contributed by atoms with Crippen LogP contribution in [0.5, 0.6) is 0 Å². The van der Waals surface area contributed by atoms with Gasteiger partial charge in [-0.05, 0) is 43.5 Å². The van der Waals surface area contributed by atoms with Gasteiger partial charge in [0.15, 0.2) is 0 Å². The number of carbonyl (C=O) groups excluding carboxylic acids is 1. The topological polar surface area (TPSA) is 58.4 Å². The molecule has 0 spiro atoms. The van der Waals surface area contributed by atoms with Crippen LogP contribution in [0.3, 0.4) is 0 Å².